The summed E-state index contributed by atoms with van der Waals surface area (Å²) in [6.07, 6.45) is 5.17. The minimum absolute atomic E-state index is 0.619. The smallest absolute Gasteiger partial charge is 0.181 e. The van der Waals surface area contributed by atoms with E-state index in [1.165, 1.54) is 0 Å². The summed E-state index contributed by atoms with van der Waals surface area (Å²) in [5, 5.41) is 14.8. The van der Waals surface area contributed by atoms with Crippen molar-refractivity contribution in [3.63, 3.8) is 0 Å². The summed E-state index contributed by atoms with van der Waals surface area (Å²) in [4.78, 5) is 0. The van der Waals surface area contributed by atoms with Crippen LogP contribution in [0, 0.1) is 11.5 Å². The van der Waals surface area contributed by atoms with Crippen LogP contribution in [-0.4, -0.2) is 23.5 Å². The van der Waals surface area contributed by atoms with Crippen LogP contribution in [0.25, 0.3) is 0 Å². The first kappa shape index (κ1) is 8.56. The summed E-state index contributed by atoms with van der Waals surface area (Å²) in [6, 6.07) is 0. The Labute approximate surface area is 70.6 Å². The van der Waals surface area contributed by atoms with E-state index in [0.717, 1.165) is 0 Å². The van der Waals surface area contributed by atoms with Crippen LogP contribution < -0.4 is 5.32 Å². The Morgan fingerprint density at radius 1 is 1.83 bits per heavy atom. The van der Waals surface area contributed by atoms with Crippen molar-refractivity contribution in [1.82, 2.24) is 9.78 Å². The van der Waals surface area contributed by atoms with Gasteiger partial charge in [-0.25, -0.2) is 0 Å². The molecule has 0 amide bonds. The predicted octanol–water partition coefficient (Wildman–Crippen LogP) is 0.422. The Hall–Kier alpha value is -1.54. The van der Waals surface area contributed by atoms with E-state index in [1.54, 1.807) is 24.2 Å². The Bertz CT molecular complexity index is 275. The summed E-state index contributed by atoms with van der Waals surface area (Å²) in [5.74, 6) is 0. The molecule has 0 aromatic carbocycles. The number of nitrogens with one attached hydrogen (secondary N) is 1. The molecule has 0 radical (unpaired) electrons. The maximum atomic E-state index is 8.28. The Kier molecular flexibility index (Phi) is 3.11. The molecular formula is C7H10N4O. The van der Waals surface area contributed by atoms with E-state index < -0.39 is 0 Å². The van der Waals surface area contributed by atoms with Crippen LogP contribution in [-0.2, 0) is 11.3 Å². The molecule has 1 aromatic rings. The number of nitrogens with zero attached hydrogens (tertiary/aromatic N) is 3. The minimum atomic E-state index is 0.619. The molecule has 0 bridgehead atoms. The highest BCUT2D eigenvalue weighted by Crippen LogP contribution is 2.02. The average molecular weight is 166 g/mol. The second-order valence-corrected chi connectivity index (χ2v) is 2.22. The molecule has 5 heteroatoms. The van der Waals surface area contributed by atoms with Crippen LogP contribution in [0.2, 0.25) is 0 Å². The maximum Gasteiger partial charge on any atom is 0.181 e. The number of ether oxygens (including phenoxy) is 1. The molecule has 0 spiro atoms. The molecule has 0 unspecified atom stereocenters. The van der Waals surface area contributed by atoms with Crippen LogP contribution in [0.3, 0.4) is 0 Å². The second kappa shape index (κ2) is 4.36. The third-order valence-electron chi connectivity index (χ3n) is 1.36. The second-order valence-electron chi connectivity index (χ2n) is 2.22. The zero-order chi connectivity index (χ0) is 8.81. The summed E-state index contributed by atoms with van der Waals surface area (Å²) >= 11 is 0. The van der Waals surface area contributed by atoms with Crippen molar-refractivity contribution in [2.75, 3.05) is 19.0 Å². The Morgan fingerprint density at radius 2 is 2.67 bits per heavy atom. The molecule has 5 nitrogen and oxygen atoms in total. The number of nitriles is 1. The van der Waals surface area contributed by atoms with E-state index in [1.807, 2.05) is 6.19 Å². The van der Waals surface area contributed by atoms with Gasteiger partial charge in [0, 0.05) is 13.3 Å². The van der Waals surface area contributed by atoms with Crippen LogP contribution in [0.5, 0.6) is 0 Å². The minimum Gasteiger partial charge on any atom is -0.383 e. The lowest BCUT2D eigenvalue weighted by molar-refractivity contribution is 0.183. The monoisotopic (exact) mass is 166 g/mol. The van der Waals surface area contributed by atoms with Crippen LogP contribution in [0.4, 0.5) is 5.69 Å². The fourth-order valence-corrected chi connectivity index (χ4v) is 0.800. The van der Waals surface area contributed by atoms with E-state index in [9.17, 15) is 0 Å². The van der Waals surface area contributed by atoms with Crippen molar-refractivity contribution in [2.24, 2.45) is 0 Å². The molecule has 64 valence electrons. The van der Waals surface area contributed by atoms with Gasteiger partial charge in [-0.05, 0) is 0 Å². The maximum absolute atomic E-state index is 8.28. The van der Waals surface area contributed by atoms with E-state index in [4.69, 9.17) is 10.00 Å². The van der Waals surface area contributed by atoms with Crippen molar-refractivity contribution in [2.45, 2.75) is 6.54 Å². The first-order chi connectivity index (χ1) is 5.86. The summed E-state index contributed by atoms with van der Waals surface area (Å²) in [7, 11) is 1.64. The summed E-state index contributed by atoms with van der Waals surface area (Å²) < 4.78 is 6.58. The molecule has 12 heavy (non-hydrogen) atoms. The highest BCUT2D eigenvalue weighted by atomic mass is 16.5. The zero-order valence-corrected chi connectivity index (χ0v) is 6.82. The number of anilines is 1. The van der Waals surface area contributed by atoms with Crippen molar-refractivity contribution in [1.29, 1.82) is 5.26 Å². The lowest BCUT2D eigenvalue weighted by atomic mass is 10.6. The quantitative estimate of drug-likeness (QED) is 0.520. The first-order valence-electron chi connectivity index (χ1n) is 3.53. The largest absolute Gasteiger partial charge is 0.383 e. The van der Waals surface area contributed by atoms with Crippen molar-refractivity contribution in [3.8, 4) is 6.19 Å². The molecule has 1 aromatic heterocycles. The molecule has 1 heterocycles. The van der Waals surface area contributed by atoms with Gasteiger partial charge in [-0.1, -0.05) is 0 Å². The Balaban J connectivity index is 2.48. The van der Waals surface area contributed by atoms with E-state index >= 15 is 0 Å². The SMILES string of the molecule is COCCn1cc(NC#N)cn1. The lowest BCUT2D eigenvalue weighted by Crippen LogP contribution is -2.03. The van der Waals surface area contributed by atoms with Gasteiger partial charge in [-0.3, -0.25) is 10.00 Å². The van der Waals surface area contributed by atoms with E-state index in [-0.39, 0.29) is 0 Å². The van der Waals surface area contributed by atoms with Gasteiger partial charge in [0.25, 0.3) is 0 Å². The summed E-state index contributed by atoms with van der Waals surface area (Å²) in [5.41, 5.74) is 0.702. The molecule has 0 atom stereocenters. The molecule has 0 fully saturated rings. The van der Waals surface area contributed by atoms with Gasteiger partial charge in [-0.2, -0.15) is 10.4 Å². The summed E-state index contributed by atoms with van der Waals surface area (Å²) in [6.45, 7) is 1.32. The van der Waals surface area contributed by atoms with Gasteiger partial charge >= 0.3 is 0 Å². The van der Waals surface area contributed by atoms with Crippen molar-refractivity contribution < 1.29 is 4.74 Å². The third kappa shape index (κ3) is 2.25. The fraction of sp³-hybridized carbons (Fsp3) is 0.429. The van der Waals surface area contributed by atoms with Crippen molar-refractivity contribution in [3.05, 3.63) is 12.4 Å². The third-order valence-corrected chi connectivity index (χ3v) is 1.36. The molecule has 0 saturated carbocycles. The molecule has 0 aliphatic heterocycles. The fourth-order valence-electron chi connectivity index (χ4n) is 0.800. The number of hydrogen-bond acceptors (Lipinski definition) is 4. The molecule has 0 aliphatic carbocycles. The van der Waals surface area contributed by atoms with Crippen molar-refractivity contribution >= 4 is 5.69 Å². The zero-order valence-electron chi connectivity index (χ0n) is 6.82. The standard InChI is InChI=1S/C7H10N4O/c1-12-3-2-11-5-7(4-10-11)9-6-8/h4-5,9H,2-3H2,1H3. The first-order valence-corrected chi connectivity index (χ1v) is 3.53. The topological polar surface area (TPSA) is 62.9 Å². The number of aromatic nitrogens is 2. The van der Waals surface area contributed by atoms with Crippen LogP contribution >= 0.6 is 0 Å². The normalized spacial score (nSPS) is 9.33. The van der Waals surface area contributed by atoms with Gasteiger partial charge in [0.2, 0.25) is 0 Å². The highest BCUT2D eigenvalue weighted by Gasteiger charge is 1.95. The van der Waals surface area contributed by atoms with E-state index in [0.29, 0.717) is 18.8 Å². The van der Waals surface area contributed by atoms with E-state index in [2.05, 4.69) is 10.4 Å². The number of methoxy groups -OCH3 is 1. The number of rotatable bonds is 4. The van der Waals surface area contributed by atoms with Crippen LogP contribution in [0.1, 0.15) is 0 Å². The molecule has 0 aliphatic rings. The highest BCUT2D eigenvalue weighted by molar-refractivity contribution is 5.41. The van der Waals surface area contributed by atoms with Gasteiger partial charge in [0.15, 0.2) is 6.19 Å². The predicted molar refractivity (Wildman–Crippen MR) is 43.3 cm³/mol. The van der Waals surface area contributed by atoms with Crippen LogP contribution in [0.15, 0.2) is 12.4 Å². The molecular weight excluding hydrogens is 156 g/mol. The lowest BCUT2D eigenvalue weighted by Gasteiger charge is -1.97. The molecule has 0 saturated heterocycles. The van der Waals surface area contributed by atoms with Gasteiger partial charge in [0.05, 0.1) is 25.0 Å². The Morgan fingerprint density at radius 3 is 3.33 bits per heavy atom. The molecule has 1 rings (SSSR count). The van der Waals surface area contributed by atoms with Gasteiger partial charge < -0.3 is 4.74 Å². The van der Waals surface area contributed by atoms with Gasteiger partial charge in [-0.15, -0.1) is 0 Å². The van der Waals surface area contributed by atoms with Gasteiger partial charge in [0.1, 0.15) is 0 Å². The molecule has 1 N–H and O–H groups in total. The number of hydrogen-bond donors (Lipinski definition) is 1. The average Bonchev–Trinajstić information content (AvgIpc) is 2.50.